The third-order valence-corrected chi connectivity index (χ3v) is 3.80. The van der Waals surface area contributed by atoms with Crippen LogP contribution in [-0.4, -0.2) is 15.0 Å². The Labute approximate surface area is 123 Å². The van der Waals surface area contributed by atoms with Crippen LogP contribution < -0.4 is 11.1 Å². The molecule has 0 bridgehead atoms. The van der Waals surface area contributed by atoms with E-state index in [0.29, 0.717) is 4.99 Å². The molecule has 0 aliphatic heterocycles. The SMILES string of the molecule is Cc1ncccc1Nc1nc2c(cc1C(N)=S)CCC2. The molecule has 2 heterocycles. The van der Waals surface area contributed by atoms with Crippen LogP contribution in [0.5, 0.6) is 0 Å². The smallest absolute Gasteiger partial charge is 0.140 e. The largest absolute Gasteiger partial charge is 0.389 e. The number of thiocarbonyl (C=S) groups is 1. The lowest BCUT2D eigenvalue weighted by Crippen LogP contribution is -2.14. The highest BCUT2D eigenvalue weighted by Crippen LogP contribution is 2.27. The molecule has 2 aromatic heterocycles. The maximum atomic E-state index is 5.84. The van der Waals surface area contributed by atoms with Crippen molar-refractivity contribution < 1.29 is 0 Å². The van der Waals surface area contributed by atoms with E-state index in [-0.39, 0.29) is 0 Å². The second-order valence-corrected chi connectivity index (χ2v) is 5.41. The number of nitrogens with two attached hydrogens (primary N) is 1. The lowest BCUT2D eigenvalue weighted by atomic mass is 10.1. The van der Waals surface area contributed by atoms with Crippen molar-refractivity contribution in [1.82, 2.24) is 9.97 Å². The molecule has 0 aromatic carbocycles. The van der Waals surface area contributed by atoms with Crippen molar-refractivity contribution in [3.63, 3.8) is 0 Å². The highest BCUT2D eigenvalue weighted by molar-refractivity contribution is 7.80. The number of hydrogen-bond acceptors (Lipinski definition) is 4. The fourth-order valence-corrected chi connectivity index (χ4v) is 2.65. The average Bonchev–Trinajstić information content (AvgIpc) is 2.87. The molecule has 0 fully saturated rings. The predicted octanol–water partition coefficient (Wildman–Crippen LogP) is 2.65. The molecule has 0 spiro atoms. The fraction of sp³-hybridized carbons (Fsp3) is 0.267. The number of aryl methyl sites for hydroxylation is 3. The summed E-state index contributed by atoms with van der Waals surface area (Å²) in [7, 11) is 0. The third-order valence-electron chi connectivity index (χ3n) is 3.58. The molecule has 4 nitrogen and oxygen atoms in total. The van der Waals surface area contributed by atoms with Gasteiger partial charge in [-0.3, -0.25) is 4.98 Å². The minimum atomic E-state index is 0.372. The molecular weight excluding hydrogens is 268 g/mol. The maximum absolute atomic E-state index is 5.84. The van der Waals surface area contributed by atoms with E-state index in [1.807, 2.05) is 19.1 Å². The quantitative estimate of drug-likeness (QED) is 0.848. The molecule has 2 aromatic rings. The summed E-state index contributed by atoms with van der Waals surface area (Å²) in [4.78, 5) is 9.34. The first kappa shape index (κ1) is 13.0. The van der Waals surface area contributed by atoms with Gasteiger partial charge < -0.3 is 11.1 Å². The van der Waals surface area contributed by atoms with Crippen molar-refractivity contribution in [1.29, 1.82) is 0 Å². The summed E-state index contributed by atoms with van der Waals surface area (Å²) in [5.41, 5.74) is 10.9. The van der Waals surface area contributed by atoms with Crippen molar-refractivity contribution in [2.45, 2.75) is 26.2 Å². The Balaban J connectivity index is 2.04. The minimum Gasteiger partial charge on any atom is -0.389 e. The number of nitrogens with zero attached hydrogens (tertiary/aromatic N) is 2. The van der Waals surface area contributed by atoms with Crippen molar-refractivity contribution in [3.8, 4) is 0 Å². The number of aromatic nitrogens is 2. The summed E-state index contributed by atoms with van der Waals surface area (Å²) in [5.74, 6) is 0.731. The van der Waals surface area contributed by atoms with Gasteiger partial charge in [-0.15, -0.1) is 0 Å². The molecule has 5 heteroatoms. The molecule has 20 heavy (non-hydrogen) atoms. The van der Waals surface area contributed by atoms with Gasteiger partial charge in [-0.2, -0.15) is 0 Å². The van der Waals surface area contributed by atoms with Crippen LogP contribution in [0.1, 0.15) is 28.9 Å². The van der Waals surface area contributed by atoms with Crippen LogP contribution in [0.3, 0.4) is 0 Å². The maximum Gasteiger partial charge on any atom is 0.140 e. The average molecular weight is 284 g/mol. The molecule has 3 N–H and O–H groups in total. The van der Waals surface area contributed by atoms with Crippen molar-refractivity contribution in [2.24, 2.45) is 5.73 Å². The third kappa shape index (κ3) is 2.36. The second kappa shape index (κ2) is 5.17. The summed E-state index contributed by atoms with van der Waals surface area (Å²) in [6, 6.07) is 5.94. The first-order valence-electron chi connectivity index (χ1n) is 6.66. The van der Waals surface area contributed by atoms with E-state index in [4.69, 9.17) is 22.9 Å². The van der Waals surface area contributed by atoms with Gasteiger partial charge in [0.05, 0.1) is 16.9 Å². The van der Waals surface area contributed by atoms with Gasteiger partial charge in [0.2, 0.25) is 0 Å². The van der Waals surface area contributed by atoms with E-state index in [1.54, 1.807) is 6.20 Å². The highest BCUT2D eigenvalue weighted by Gasteiger charge is 2.18. The molecule has 0 amide bonds. The second-order valence-electron chi connectivity index (χ2n) is 4.97. The summed E-state index contributed by atoms with van der Waals surface area (Å²) < 4.78 is 0. The number of fused-ring (bicyclic) bond motifs is 1. The monoisotopic (exact) mass is 284 g/mol. The molecule has 0 unspecified atom stereocenters. The minimum absolute atomic E-state index is 0.372. The summed E-state index contributed by atoms with van der Waals surface area (Å²) in [5, 5.41) is 3.31. The van der Waals surface area contributed by atoms with Crippen LogP contribution in [0.15, 0.2) is 24.4 Å². The summed E-state index contributed by atoms with van der Waals surface area (Å²) in [6.45, 7) is 1.95. The fourth-order valence-electron chi connectivity index (χ4n) is 2.50. The van der Waals surface area contributed by atoms with E-state index in [1.165, 1.54) is 5.56 Å². The van der Waals surface area contributed by atoms with Crippen LogP contribution in [0.25, 0.3) is 0 Å². The van der Waals surface area contributed by atoms with E-state index in [0.717, 1.165) is 47.7 Å². The van der Waals surface area contributed by atoms with Crippen LogP contribution in [0.4, 0.5) is 11.5 Å². The van der Waals surface area contributed by atoms with Gasteiger partial charge in [0.15, 0.2) is 0 Å². The zero-order valence-corrected chi connectivity index (χ0v) is 12.1. The Kier molecular flexibility index (Phi) is 3.36. The molecular formula is C15H16N4S. The Morgan fingerprint density at radius 3 is 3.00 bits per heavy atom. The van der Waals surface area contributed by atoms with E-state index in [9.17, 15) is 0 Å². The zero-order valence-electron chi connectivity index (χ0n) is 11.3. The Hall–Kier alpha value is -2.01. The van der Waals surface area contributed by atoms with Crippen LogP contribution >= 0.6 is 12.2 Å². The van der Waals surface area contributed by atoms with Crippen LogP contribution in [0, 0.1) is 6.92 Å². The Bertz CT molecular complexity index is 682. The van der Waals surface area contributed by atoms with E-state index < -0.39 is 0 Å². The van der Waals surface area contributed by atoms with Gasteiger partial charge >= 0.3 is 0 Å². The molecule has 1 aliphatic rings. The van der Waals surface area contributed by atoms with Gasteiger partial charge in [-0.1, -0.05) is 12.2 Å². The lowest BCUT2D eigenvalue weighted by molar-refractivity contribution is 0.900. The summed E-state index contributed by atoms with van der Waals surface area (Å²) >= 11 is 5.15. The highest BCUT2D eigenvalue weighted by atomic mass is 32.1. The first-order valence-corrected chi connectivity index (χ1v) is 7.07. The number of anilines is 2. The number of rotatable bonds is 3. The lowest BCUT2D eigenvalue weighted by Gasteiger charge is -2.13. The molecule has 0 saturated carbocycles. The number of pyridine rings is 2. The topological polar surface area (TPSA) is 63.8 Å². The van der Waals surface area contributed by atoms with Crippen molar-refractivity contribution in [2.75, 3.05) is 5.32 Å². The first-order chi connectivity index (χ1) is 9.65. The van der Waals surface area contributed by atoms with E-state index >= 15 is 0 Å². The number of nitrogens with one attached hydrogen (secondary N) is 1. The molecule has 0 saturated heterocycles. The standard InChI is InChI=1S/C15H16N4S/c1-9-12(6-3-7-17-9)18-15-11(14(16)20)8-10-4-2-5-13(10)19-15/h3,6-8H,2,4-5H2,1H3,(H2,16,20)(H,18,19). The van der Waals surface area contributed by atoms with Crippen molar-refractivity contribution >= 4 is 28.7 Å². The van der Waals surface area contributed by atoms with Crippen LogP contribution in [0.2, 0.25) is 0 Å². The predicted molar refractivity (Wildman–Crippen MR) is 84.4 cm³/mol. The van der Waals surface area contributed by atoms with Crippen LogP contribution in [-0.2, 0) is 12.8 Å². The van der Waals surface area contributed by atoms with Gasteiger partial charge in [-0.05, 0) is 49.9 Å². The molecule has 3 rings (SSSR count). The van der Waals surface area contributed by atoms with Gasteiger partial charge in [0.25, 0.3) is 0 Å². The molecule has 0 atom stereocenters. The zero-order chi connectivity index (χ0) is 14.1. The summed E-state index contributed by atoms with van der Waals surface area (Å²) in [6.07, 6.45) is 5.00. The normalized spacial score (nSPS) is 13.1. The molecule has 102 valence electrons. The Morgan fingerprint density at radius 1 is 1.40 bits per heavy atom. The van der Waals surface area contributed by atoms with Crippen molar-refractivity contribution in [3.05, 3.63) is 46.9 Å². The molecule has 1 aliphatic carbocycles. The molecule has 0 radical (unpaired) electrons. The van der Waals surface area contributed by atoms with Gasteiger partial charge in [0.1, 0.15) is 10.8 Å². The van der Waals surface area contributed by atoms with E-state index in [2.05, 4.69) is 16.4 Å². The van der Waals surface area contributed by atoms with Gasteiger partial charge in [-0.25, -0.2) is 4.98 Å². The van der Waals surface area contributed by atoms with Gasteiger partial charge in [0, 0.05) is 11.9 Å². The Morgan fingerprint density at radius 2 is 2.25 bits per heavy atom. The number of hydrogen-bond donors (Lipinski definition) is 2.